The van der Waals surface area contributed by atoms with Crippen LogP contribution in [0.25, 0.3) is 10.9 Å². The van der Waals surface area contributed by atoms with Crippen LogP contribution in [0, 0.1) is 6.92 Å². The van der Waals surface area contributed by atoms with E-state index in [1.54, 1.807) is 20.3 Å². The number of nitrogens with one attached hydrogen (secondary N) is 1. The van der Waals surface area contributed by atoms with Gasteiger partial charge in [0.05, 0.1) is 14.2 Å². The third-order valence-electron chi connectivity index (χ3n) is 5.73. The monoisotopic (exact) mass is 422 g/mol. The van der Waals surface area contributed by atoms with E-state index in [0.717, 1.165) is 41.1 Å². The molecule has 1 aromatic heterocycles. The zero-order chi connectivity index (χ0) is 22.4. The number of pyridine rings is 1. The molecule has 0 aliphatic carbocycles. The number of phenolic OH excluding ortho intramolecular Hbond substituents is 1. The number of fused-ring (bicyclic) bond motifs is 1. The van der Waals surface area contributed by atoms with Crippen molar-refractivity contribution in [2.24, 2.45) is 0 Å². The van der Waals surface area contributed by atoms with E-state index >= 15 is 0 Å². The first-order chi connectivity index (χ1) is 15.0. The molecule has 1 heterocycles. The lowest BCUT2D eigenvalue weighted by Gasteiger charge is -2.22. The summed E-state index contributed by atoms with van der Waals surface area (Å²) in [7, 11) is 3.35. The molecular formula is C26H34N2O3. The number of nitrogens with zero attached hydrogens (tertiary/aromatic N) is 1. The second-order valence-corrected chi connectivity index (χ2v) is 8.07. The maximum absolute atomic E-state index is 10.3. The van der Waals surface area contributed by atoms with Gasteiger partial charge in [-0.25, -0.2) is 4.98 Å². The number of rotatable bonds is 10. The molecule has 0 aliphatic rings. The minimum Gasteiger partial charge on any atom is -0.506 e. The Kier molecular flexibility index (Phi) is 7.61. The second-order valence-electron chi connectivity index (χ2n) is 8.07. The van der Waals surface area contributed by atoms with Crippen molar-refractivity contribution in [3.63, 3.8) is 0 Å². The van der Waals surface area contributed by atoms with E-state index in [0.29, 0.717) is 5.52 Å². The quantitative estimate of drug-likeness (QED) is 0.362. The average molecular weight is 423 g/mol. The molecule has 5 heteroatoms. The highest BCUT2D eigenvalue weighted by Gasteiger charge is 2.17. The number of benzene rings is 2. The lowest BCUT2D eigenvalue weighted by molar-refractivity contribution is 0.354. The topological polar surface area (TPSA) is 63.6 Å². The fourth-order valence-electron chi connectivity index (χ4n) is 4.09. The number of methoxy groups -OCH3 is 2. The van der Waals surface area contributed by atoms with Crippen LogP contribution in [0.1, 0.15) is 62.4 Å². The van der Waals surface area contributed by atoms with Gasteiger partial charge in [0.1, 0.15) is 11.3 Å². The number of hydrogen-bond donors (Lipinski definition) is 2. The number of unbranched alkanes of at least 4 members (excludes halogenated alkanes) is 3. The summed E-state index contributed by atoms with van der Waals surface area (Å²) in [6.07, 6.45) is 5.84. The highest BCUT2D eigenvalue weighted by atomic mass is 16.5. The van der Waals surface area contributed by atoms with E-state index in [4.69, 9.17) is 9.47 Å². The van der Waals surface area contributed by atoms with Gasteiger partial charge in [-0.1, -0.05) is 38.3 Å². The van der Waals surface area contributed by atoms with E-state index in [1.807, 2.05) is 25.1 Å². The molecule has 0 saturated carbocycles. The largest absolute Gasteiger partial charge is 0.506 e. The summed E-state index contributed by atoms with van der Waals surface area (Å²) in [6, 6.07) is 11.8. The fraction of sp³-hybridized carbons (Fsp3) is 0.423. The van der Waals surface area contributed by atoms with Crippen LogP contribution >= 0.6 is 0 Å². The van der Waals surface area contributed by atoms with Gasteiger partial charge in [0.2, 0.25) is 0 Å². The summed E-state index contributed by atoms with van der Waals surface area (Å²) >= 11 is 0. The number of aromatic hydroxyl groups is 1. The van der Waals surface area contributed by atoms with Crippen molar-refractivity contribution in [3.05, 3.63) is 53.2 Å². The molecule has 1 atom stereocenters. The molecule has 0 radical (unpaired) electrons. The van der Waals surface area contributed by atoms with Crippen molar-refractivity contribution < 1.29 is 14.6 Å². The predicted octanol–water partition coefficient (Wildman–Crippen LogP) is 6.56. The smallest absolute Gasteiger partial charge is 0.161 e. The predicted molar refractivity (Wildman–Crippen MR) is 128 cm³/mol. The normalized spacial score (nSPS) is 12.0. The Morgan fingerprint density at radius 1 is 1.03 bits per heavy atom. The van der Waals surface area contributed by atoms with Crippen molar-refractivity contribution in [1.29, 1.82) is 0 Å². The Morgan fingerprint density at radius 2 is 1.77 bits per heavy atom. The minimum atomic E-state index is 0.0355. The van der Waals surface area contributed by atoms with Crippen molar-refractivity contribution in [2.45, 2.75) is 58.9 Å². The Bertz CT molecular complexity index is 1030. The van der Waals surface area contributed by atoms with E-state index in [-0.39, 0.29) is 11.8 Å². The molecule has 0 amide bonds. The number of phenols is 1. The van der Waals surface area contributed by atoms with Crippen LogP contribution in [0.2, 0.25) is 0 Å². The van der Waals surface area contributed by atoms with Gasteiger partial charge in [-0.05, 0) is 62.1 Å². The van der Waals surface area contributed by atoms with Gasteiger partial charge < -0.3 is 19.9 Å². The summed E-state index contributed by atoms with van der Waals surface area (Å²) < 4.78 is 11.1. The maximum Gasteiger partial charge on any atom is 0.161 e. The zero-order valence-electron chi connectivity index (χ0n) is 19.3. The van der Waals surface area contributed by atoms with E-state index in [1.165, 1.54) is 30.4 Å². The average Bonchev–Trinajstić information content (AvgIpc) is 2.76. The van der Waals surface area contributed by atoms with Gasteiger partial charge in [0, 0.05) is 22.8 Å². The van der Waals surface area contributed by atoms with Gasteiger partial charge in [-0.3, -0.25) is 0 Å². The van der Waals surface area contributed by atoms with Gasteiger partial charge in [-0.15, -0.1) is 0 Å². The lowest BCUT2D eigenvalue weighted by Crippen LogP contribution is -2.11. The lowest BCUT2D eigenvalue weighted by atomic mass is 9.95. The summed E-state index contributed by atoms with van der Waals surface area (Å²) in [5.41, 5.74) is 4.89. The number of aromatic nitrogens is 1. The maximum atomic E-state index is 10.3. The summed E-state index contributed by atoms with van der Waals surface area (Å²) in [4.78, 5) is 4.51. The first-order valence-corrected chi connectivity index (χ1v) is 11.1. The number of para-hydroxylation sites is 1. The SMILES string of the molecule is CCCCCCc1cc(OC)c(OC)cc1C(C)Nc1cc(C)nc2c(O)cccc12. The molecule has 0 bridgehead atoms. The molecule has 3 aromatic rings. The van der Waals surface area contributed by atoms with E-state index in [2.05, 4.69) is 36.3 Å². The summed E-state index contributed by atoms with van der Waals surface area (Å²) in [5, 5.41) is 14.8. The number of hydrogen-bond acceptors (Lipinski definition) is 5. The first-order valence-electron chi connectivity index (χ1n) is 11.1. The van der Waals surface area contributed by atoms with Crippen LogP contribution < -0.4 is 14.8 Å². The Morgan fingerprint density at radius 3 is 2.48 bits per heavy atom. The molecule has 2 N–H and O–H groups in total. The van der Waals surface area contributed by atoms with Crippen molar-refractivity contribution >= 4 is 16.6 Å². The van der Waals surface area contributed by atoms with Crippen LogP contribution in [-0.2, 0) is 6.42 Å². The highest BCUT2D eigenvalue weighted by molar-refractivity contribution is 5.95. The van der Waals surface area contributed by atoms with Gasteiger partial charge >= 0.3 is 0 Å². The molecule has 0 saturated heterocycles. The third-order valence-corrected chi connectivity index (χ3v) is 5.73. The molecule has 5 nitrogen and oxygen atoms in total. The van der Waals surface area contributed by atoms with Crippen LogP contribution in [-0.4, -0.2) is 24.3 Å². The van der Waals surface area contributed by atoms with Crippen LogP contribution in [0.4, 0.5) is 5.69 Å². The van der Waals surface area contributed by atoms with Crippen molar-refractivity contribution in [2.75, 3.05) is 19.5 Å². The fourth-order valence-corrected chi connectivity index (χ4v) is 4.09. The standard InChI is InChI=1S/C26H34N2O3/c1-6-7-8-9-11-19-15-24(30-4)25(31-5)16-21(19)18(3)28-22-14-17(2)27-26-20(22)12-10-13-23(26)29/h10,12-16,18,29H,6-9,11H2,1-5H3,(H,27,28). The summed E-state index contributed by atoms with van der Waals surface area (Å²) in [5.74, 6) is 1.69. The molecule has 0 spiro atoms. The third kappa shape index (κ3) is 5.22. The van der Waals surface area contributed by atoms with Crippen LogP contribution in [0.3, 0.4) is 0 Å². The number of ether oxygens (including phenoxy) is 2. The molecule has 166 valence electrons. The summed E-state index contributed by atoms with van der Waals surface area (Å²) in [6.45, 7) is 6.32. The Hall–Kier alpha value is -2.95. The molecule has 1 unspecified atom stereocenters. The van der Waals surface area contributed by atoms with E-state index in [9.17, 15) is 5.11 Å². The van der Waals surface area contributed by atoms with Crippen molar-refractivity contribution in [3.8, 4) is 17.2 Å². The number of anilines is 1. The van der Waals surface area contributed by atoms with Gasteiger partial charge in [0.15, 0.2) is 11.5 Å². The number of aryl methyl sites for hydroxylation is 2. The molecule has 3 rings (SSSR count). The van der Waals surface area contributed by atoms with E-state index < -0.39 is 0 Å². The molecule has 2 aromatic carbocycles. The van der Waals surface area contributed by atoms with Crippen LogP contribution in [0.5, 0.6) is 17.2 Å². The molecule has 0 fully saturated rings. The Balaban J connectivity index is 1.97. The molecular weight excluding hydrogens is 388 g/mol. The van der Waals surface area contributed by atoms with Crippen molar-refractivity contribution in [1.82, 2.24) is 4.98 Å². The highest BCUT2D eigenvalue weighted by Crippen LogP contribution is 2.37. The van der Waals surface area contributed by atoms with Gasteiger partial charge in [-0.2, -0.15) is 0 Å². The Labute approximate surface area is 185 Å². The van der Waals surface area contributed by atoms with Gasteiger partial charge in [0.25, 0.3) is 0 Å². The minimum absolute atomic E-state index is 0.0355. The molecule has 0 aliphatic heterocycles. The molecule has 31 heavy (non-hydrogen) atoms. The zero-order valence-corrected chi connectivity index (χ0v) is 19.3. The first kappa shape index (κ1) is 22.7. The van der Waals surface area contributed by atoms with Crippen LogP contribution in [0.15, 0.2) is 36.4 Å². The second kappa shape index (κ2) is 10.4.